The molecule has 0 radical (unpaired) electrons. The number of hydrogen-bond donors (Lipinski definition) is 0. The molecule has 3 nitrogen and oxygen atoms in total. The van der Waals surface area contributed by atoms with Crippen molar-refractivity contribution in [3.8, 4) is 0 Å². The van der Waals surface area contributed by atoms with Crippen LogP contribution in [-0.2, 0) is 4.79 Å². The average molecular weight is 315 g/mol. The van der Waals surface area contributed by atoms with Crippen molar-refractivity contribution in [1.29, 1.82) is 0 Å². The highest BCUT2D eigenvalue weighted by Gasteiger charge is 2.35. The molecule has 1 aliphatic heterocycles. The minimum absolute atomic E-state index is 0.0811. The maximum atomic E-state index is 13.0. The normalized spacial score (nSPS) is 17.4. The molecular weight excluding hydrogens is 298 g/mol. The fraction of sp³-hybridized carbons (Fsp3) is 0.143. The van der Waals surface area contributed by atoms with Gasteiger partial charge in [0.15, 0.2) is 0 Å². The number of rotatable bonds is 2. The zero-order valence-corrected chi connectivity index (χ0v) is 13.2. The summed E-state index contributed by atoms with van der Waals surface area (Å²) in [6.07, 6.45) is 0.389. The molecule has 3 heteroatoms. The van der Waals surface area contributed by atoms with Crippen LogP contribution in [0.3, 0.4) is 0 Å². The Hall–Kier alpha value is -2.94. The number of likely N-dealkylation sites (tertiary alicyclic amines) is 1. The number of nitrogens with zero attached hydrogens (tertiary/aromatic N) is 1. The first-order valence-electron chi connectivity index (χ1n) is 8.11. The highest BCUT2D eigenvalue weighted by molar-refractivity contribution is 6.12. The van der Waals surface area contributed by atoms with E-state index in [-0.39, 0.29) is 17.7 Å². The summed E-state index contributed by atoms with van der Waals surface area (Å²) in [4.78, 5) is 26.8. The van der Waals surface area contributed by atoms with Crippen LogP contribution in [0.5, 0.6) is 0 Å². The van der Waals surface area contributed by atoms with Crippen molar-refractivity contribution in [2.45, 2.75) is 12.3 Å². The van der Waals surface area contributed by atoms with Crippen LogP contribution in [0, 0.1) is 0 Å². The predicted octanol–water partition coefficient (Wildman–Crippen LogP) is 4.00. The van der Waals surface area contributed by atoms with Gasteiger partial charge < -0.3 is 0 Å². The van der Waals surface area contributed by atoms with Gasteiger partial charge >= 0.3 is 0 Å². The van der Waals surface area contributed by atoms with Gasteiger partial charge in [0.05, 0.1) is 0 Å². The third-order valence-electron chi connectivity index (χ3n) is 4.66. The largest absolute Gasteiger partial charge is 0.278 e. The fourth-order valence-electron chi connectivity index (χ4n) is 3.41. The first-order valence-corrected chi connectivity index (χ1v) is 8.11. The Morgan fingerprint density at radius 3 is 2.42 bits per heavy atom. The molecule has 0 spiro atoms. The van der Waals surface area contributed by atoms with E-state index < -0.39 is 0 Å². The third kappa shape index (κ3) is 2.48. The number of fused-ring (bicyclic) bond motifs is 1. The van der Waals surface area contributed by atoms with Crippen LogP contribution in [0.25, 0.3) is 10.8 Å². The van der Waals surface area contributed by atoms with Crippen molar-refractivity contribution >= 4 is 22.6 Å². The molecule has 24 heavy (non-hydrogen) atoms. The van der Waals surface area contributed by atoms with Crippen LogP contribution in [0.15, 0.2) is 72.8 Å². The van der Waals surface area contributed by atoms with E-state index in [1.54, 1.807) is 6.07 Å². The number of hydrogen-bond acceptors (Lipinski definition) is 2. The van der Waals surface area contributed by atoms with Gasteiger partial charge in [-0.2, -0.15) is 0 Å². The lowest BCUT2D eigenvalue weighted by atomic mass is 9.98. The summed E-state index contributed by atoms with van der Waals surface area (Å²) in [7, 11) is 0. The molecule has 118 valence electrons. The van der Waals surface area contributed by atoms with E-state index in [2.05, 4.69) is 0 Å². The van der Waals surface area contributed by atoms with Crippen LogP contribution in [0.4, 0.5) is 0 Å². The number of amides is 2. The Balaban J connectivity index is 1.66. The van der Waals surface area contributed by atoms with Gasteiger partial charge in [0, 0.05) is 24.4 Å². The Morgan fingerprint density at radius 2 is 1.58 bits per heavy atom. The van der Waals surface area contributed by atoms with E-state index in [9.17, 15) is 9.59 Å². The maximum absolute atomic E-state index is 13.0. The lowest BCUT2D eigenvalue weighted by Crippen LogP contribution is -2.32. The molecule has 0 unspecified atom stereocenters. The van der Waals surface area contributed by atoms with Gasteiger partial charge in [-0.25, -0.2) is 0 Å². The van der Waals surface area contributed by atoms with Crippen molar-refractivity contribution in [1.82, 2.24) is 4.90 Å². The van der Waals surface area contributed by atoms with E-state index in [0.29, 0.717) is 18.5 Å². The minimum atomic E-state index is -0.199. The molecule has 4 rings (SSSR count). The molecule has 2 amide bonds. The Kier molecular flexibility index (Phi) is 3.62. The second-order valence-electron chi connectivity index (χ2n) is 6.15. The topological polar surface area (TPSA) is 37.4 Å². The molecule has 0 aliphatic carbocycles. The summed E-state index contributed by atoms with van der Waals surface area (Å²) in [5.74, 6) is -0.213. The van der Waals surface area contributed by atoms with Crippen molar-refractivity contribution in [3.05, 3.63) is 83.9 Å². The minimum Gasteiger partial charge on any atom is -0.278 e. The van der Waals surface area contributed by atoms with Crippen molar-refractivity contribution < 1.29 is 9.59 Å². The van der Waals surface area contributed by atoms with Crippen LogP contribution in [-0.4, -0.2) is 23.3 Å². The van der Waals surface area contributed by atoms with Crippen LogP contribution < -0.4 is 0 Å². The smallest absolute Gasteiger partial charge is 0.261 e. The molecule has 0 N–H and O–H groups in total. The van der Waals surface area contributed by atoms with Gasteiger partial charge in [0.1, 0.15) is 0 Å². The molecule has 0 saturated carbocycles. The highest BCUT2D eigenvalue weighted by Crippen LogP contribution is 2.30. The van der Waals surface area contributed by atoms with E-state index >= 15 is 0 Å². The second kappa shape index (κ2) is 5.93. The van der Waals surface area contributed by atoms with Gasteiger partial charge in [0.25, 0.3) is 5.91 Å². The van der Waals surface area contributed by atoms with Crippen LogP contribution in [0.2, 0.25) is 0 Å². The van der Waals surface area contributed by atoms with E-state index in [1.807, 2.05) is 66.7 Å². The van der Waals surface area contributed by atoms with Crippen LogP contribution in [0.1, 0.15) is 28.3 Å². The molecule has 3 aromatic rings. The molecular formula is C21H17NO2. The molecule has 1 atom stereocenters. The summed E-state index contributed by atoms with van der Waals surface area (Å²) in [6.45, 7) is 0.449. The first-order chi connectivity index (χ1) is 11.7. The number of benzene rings is 3. The molecule has 1 aliphatic rings. The van der Waals surface area contributed by atoms with Gasteiger partial charge in [-0.15, -0.1) is 0 Å². The van der Waals surface area contributed by atoms with Gasteiger partial charge in [-0.05, 0) is 22.4 Å². The van der Waals surface area contributed by atoms with Gasteiger partial charge in [-0.3, -0.25) is 14.5 Å². The maximum Gasteiger partial charge on any atom is 0.261 e. The number of carbonyl (C=O) groups excluding carboxylic acids is 2. The molecule has 0 aromatic heterocycles. The average Bonchev–Trinajstić information content (AvgIpc) is 3.03. The highest BCUT2D eigenvalue weighted by atomic mass is 16.2. The van der Waals surface area contributed by atoms with Crippen molar-refractivity contribution in [2.75, 3.05) is 6.54 Å². The monoisotopic (exact) mass is 315 g/mol. The standard InChI is InChI=1S/C21H17NO2/c23-20-13-17(15-7-2-1-3-8-15)14-22(20)21(24)19-12-6-10-16-9-4-5-11-18(16)19/h1-12,17H,13-14H2/t17-/m0/s1. The molecule has 1 fully saturated rings. The van der Waals surface area contributed by atoms with E-state index in [4.69, 9.17) is 0 Å². The summed E-state index contributed by atoms with van der Waals surface area (Å²) in [5, 5.41) is 1.90. The van der Waals surface area contributed by atoms with E-state index in [0.717, 1.165) is 16.3 Å². The van der Waals surface area contributed by atoms with Crippen molar-refractivity contribution in [2.24, 2.45) is 0 Å². The van der Waals surface area contributed by atoms with Gasteiger partial charge in [-0.1, -0.05) is 66.7 Å². The molecule has 1 heterocycles. The van der Waals surface area contributed by atoms with Gasteiger partial charge in [0.2, 0.25) is 5.91 Å². The number of carbonyl (C=O) groups is 2. The Labute approximate surface area is 140 Å². The fourth-order valence-corrected chi connectivity index (χ4v) is 3.41. The first kappa shape index (κ1) is 14.6. The molecule has 1 saturated heterocycles. The Bertz CT molecular complexity index is 912. The quantitative estimate of drug-likeness (QED) is 0.670. The zero-order chi connectivity index (χ0) is 16.5. The van der Waals surface area contributed by atoms with Crippen molar-refractivity contribution in [3.63, 3.8) is 0 Å². The molecule has 3 aromatic carbocycles. The second-order valence-corrected chi connectivity index (χ2v) is 6.15. The zero-order valence-electron chi connectivity index (χ0n) is 13.2. The summed E-state index contributed by atoms with van der Waals surface area (Å²) < 4.78 is 0. The predicted molar refractivity (Wildman–Crippen MR) is 93.8 cm³/mol. The number of imide groups is 1. The SMILES string of the molecule is O=C1C[C@H](c2ccccc2)CN1C(=O)c1cccc2ccccc12. The lowest BCUT2D eigenvalue weighted by Gasteiger charge is -2.16. The lowest BCUT2D eigenvalue weighted by molar-refractivity contribution is -0.125. The summed E-state index contributed by atoms with van der Waals surface area (Å²) in [6, 6.07) is 23.3. The Morgan fingerprint density at radius 1 is 0.875 bits per heavy atom. The third-order valence-corrected chi connectivity index (χ3v) is 4.66. The van der Waals surface area contributed by atoms with Crippen LogP contribution >= 0.6 is 0 Å². The molecule has 0 bridgehead atoms. The van der Waals surface area contributed by atoms with E-state index in [1.165, 1.54) is 4.90 Å². The summed E-state index contributed by atoms with van der Waals surface area (Å²) in [5.41, 5.74) is 1.70. The summed E-state index contributed by atoms with van der Waals surface area (Å²) >= 11 is 0.